The smallest absolute Gasteiger partial charge is 0.407 e. The molecule has 2 aromatic heterocycles. The average molecular weight is 765 g/mol. The molecule has 2 aliphatic rings. The molecule has 2 unspecified atom stereocenters. The van der Waals surface area contributed by atoms with Gasteiger partial charge in [0.15, 0.2) is 0 Å². The summed E-state index contributed by atoms with van der Waals surface area (Å²) in [6.07, 6.45) is 6.56. The van der Waals surface area contributed by atoms with Crippen molar-refractivity contribution in [2.45, 2.75) is 84.2 Å². The number of hydrogen-bond donors (Lipinski definition) is 6. The highest BCUT2D eigenvalue weighted by Gasteiger charge is 2.38. The number of likely N-dealkylation sites (tertiary alicyclic amines) is 1. The summed E-state index contributed by atoms with van der Waals surface area (Å²) in [4.78, 5) is 66.4. The maximum atomic E-state index is 13.7. The number of fused-ring (bicyclic) bond motifs is 4. The van der Waals surface area contributed by atoms with E-state index in [2.05, 4.69) is 56.1 Å². The number of aromatic amines is 2. The van der Waals surface area contributed by atoms with Gasteiger partial charge in [-0.1, -0.05) is 37.8 Å². The van der Waals surface area contributed by atoms with Crippen LogP contribution in [-0.2, 0) is 33.6 Å². The molecule has 0 spiro atoms. The Balaban J connectivity index is 0.00000194. The summed E-state index contributed by atoms with van der Waals surface area (Å²) in [5.41, 5.74) is 7.85. The molecule has 0 bridgehead atoms. The molecule has 1 saturated heterocycles. The summed E-state index contributed by atoms with van der Waals surface area (Å²) in [6.45, 7) is 9.89. The highest BCUT2D eigenvalue weighted by molar-refractivity contribution is 5.86. The van der Waals surface area contributed by atoms with Crippen LogP contribution in [-0.4, -0.2) is 86.7 Å². The van der Waals surface area contributed by atoms with E-state index in [-0.39, 0.29) is 30.3 Å². The Kier molecular flexibility index (Phi) is 14.3. The quantitative estimate of drug-likeness (QED) is 0.0628. The van der Waals surface area contributed by atoms with Gasteiger partial charge in [-0.25, -0.2) is 19.6 Å². The molecule has 14 heteroatoms. The van der Waals surface area contributed by atoms with E-state index in [1.807, 2.05) is 55.3 Å². The summed E-state index contributed by atoms with van der Waals surface area (Å²) in [5, 5.41) is 16.0. The van der Waals surface area contributed by atoms with Crippen molar-refractivity contribution >= 4 is 35.0 Å². The van der Waals surface area contributed by atoms with E-state index < -0.39 is 18.2 Å². The molecule has 56 heavy (non-hydrogen) atoms. The number of nitrogens with zero attached hydrogens (tertiary/aromatic N) is 3. The number of nitrogens with one attached hydrogen (secondary N) is 5. The first kappa shape index (κ1) is 41.1. The molecule has 1 fully saturated rings. The Bertz CT molecular complexity index is 2110. The number of unbranched alkanes of at least 4 members (excludes halogenated alkanes) is 1. The number of hydrogen-bond acceptors (Lipinski definition) is 7. The molecule has 6 N–H and O–H groups in total. The zero-order chi connectivity index (χ0) is 40.2. The van der Waals surface area contributed by atoms with Gasteiger partial charge < -0.3 is 40.7 Å². The second-order valence-electron chi connectivity index (χ2n) is 14.3. The standard InChI is InChI=1S/C39H46N8O6.C3H6/c1-23(2)34(46-39(52)53-3)37(49)47-19-7-10-31(47)36-44-29-9-6-8-26-20-24(14-16-27(26)35(29)45-36)12-13-25-15-17-28-30(21-25)43-32(42-28)11-4-5-18-40-33(48)22-41-38(50)51;1-3-2/h14-17,20-21,23,31,34,41H,4-11,18-19,22H2,1-3H3,(H,40,48)(H,42,43)(H,44,45)(H,46,52)(H,50,51);3H,1H2,2H3. The van der Waals surface area contributed by atoms with Gasteiger partial charge in [0.1, 0.15) is 17.7 Å². The van der Waals surface area contributed by atoms with E-state index in [1.165, 1.54) is 12.7 Å². The fourth-order valence-corrected chi connectivity index (χ4v) is 7.02. The Hall–Kier alpha value is -6.10. The zero-order valence-corrected chi connectivity index (χ0v) is 32.6. The number of ether oxygens (including phenoxy) is 1. The number of amides is 4. The van der Waals surface area contributed by atoms with Crippen molar-refractivity contribution in [1.29, 1.82) is 0 Å². The normalized spacial score (nSPS) is 14.9. The minimum Gasteiger partial charge on any atom is -0.465 e. The summed E-state index contributed by atoms with van der Waals surface area (Å²) >= 11 is 0. The van der Waals surface area contributed by atoms with Crippen LogP contribution in [0.15, 0.2) is 49.1 Å². The van der Waals surface area contributed by atoms with Gasteiger partial charge in [-0.15, -0.1) is 6.58 Å². The lowest BCUT2D eigenvalue weighted by Gasteiger charge is -2.30. The SMILES string of the molecule is C=CC.COC(=O)NC(C(=O)N1CCCC1c1nc2c([nH]1)CCCc1cc(C#Cc3ccc4nc(CCCCNC(=O)CNC(=O)O)[nH]c4c3)ccc1-2)C(C)C. The molecular weight excluding hydrogens is 713 g/mol. The second kappa shape index (κ2) is 19.5. The first-order chi connectivity index (χ1) is 27.0. The first-order valence-corrected chi connectivity index (χ1v) is 19.2. The van der Waals surface area contributed by atoms with Crippen molar-refractivity contribution in [1.82, 2.24) is 40.8 Å². The third-order valence-electron chi connectivity index (χ3n) is 9.72. The molecule has 6 rings (SSSR count). The number of aryl methyl sites for hydroxylation is 3. The number of allylic oxidation sites excluding steroid dienone is 1. The number of benzene rings is 2. The van der Waals surface area contributed by atoms with Crippen LogP contribution in [0.1, 0.15) is 93.0 Å². The van der Waals surface area contributed by atoms with Gasteiger partial charge in [0.05, 0.1) is 36.4 Å². The van der Waals surface area contributed by atoms with E-state index in [1.54, 1.807) is 6.08 Å². The third-order valence-corrected chi connectivity index (χ3v) is 9.72. The van der Waals surface area contributed by atoms with Gasteiger partial charge in [0, 0.05) is 41.9 Å². The van der Waals surface area contributed by atoms with Crippen molar-refractivity contribution in [3.63, 3.8) is 0 Å². The maximum Gasteiger partial charge on any atom is 0.407 e. The molecule has 4 amide bonds. The molecule has 0 saturated carbocycles. The van der Waals surface area contributed by atoms with Crippen LogP contribution in [0.2, 0.25) is 0 Å². The molecule has 2 atom stereocenters. The fourth-order valence-electron chi connectivity index (χ4n) is 7.02. The summed E-state index contributed by atoms with van der Waals surface area (Å²) in [6, 6.07) is 11.3. The van der Waals surface area contributed by atoms with Crippen molar-refractivity contribution < 1.29 is 29.0 Å². The van der Waals surface area contributed by atoms with Gasteiger partial charge in [-0.05, 0) is 93.7 Å². The first-order valence-electron chi connectivity index (χ1n) is 19.2. The predicted octanol–water partition coefficient (Wildman–Crippen LogP) is 5.78. The number of carbonyl (C=O) groups excluding carboxylic acids is 3. The monoisotopic (exact) mass is 764 g/mol. The van der Waals surface area contributed by atoms with Gasteiger partial charge in [-0.2, -0.15) is 0 Å². The van der Waals surface area contributed by atoms with Crippen LogP contribution in [0.25, 0.3) is 22.3 Å². The van der Waals surface area contributed by atoms with Crippen LogP contribution in [0.3, 0.4) is 0 Å². The van der Waals surface area contributed by atoms with Crippen molar-refractivity contribution in [3.05, 3.63) is 83.1 Å². The highest BCUT2D eigenvalue weighted by atomic mass is 16.5. The lowest BCUT2D eigenvalue weighted by Crippen LogP contribution is -2.51. The topological polar surface area (TPSA) is 194 Å². The average Bonchev–Trinajstić information content (AvgIpc) is 3.91. The van der Waals surface area contributed by atoms with E-state index in [9.17, 15) is 19.2 Å². The van der Waals surface area contributed by atoms with Crippen LogP contribution < -0.4 is 16.0 Å². The summed E-state index contributed by atoms with van der Waals surface area (Å²) in [5.74, 6) is 7.71. The summed E-state index contributed by atoms with van der Waals surface area (Å²) in [7, 11) is 1.30. The molecule has 1 aliphatic heterocycles. The number of carboxylic acid groups (broad SMARTS) is 1. The maximum absolute atomic E-state index is 13.7. The Morgan fingerprint density at radius 1 is 1.04 bits per heavy atom. The number of methoxy groups -OCH3 is 1. The largest absolute Gasteiger partial charge is 0.465 e. The van der Waals surface area contributed by atoms with Crippen molar-refractivity contribution in [2.24, 2.45) is 5.92 Å². The molecule has 14 nitrogen and oxygen atoms in total. The lowest BCUT2D eigenvalue weighted by molar-refractivity contribution is -0.135. The third kappa shape index (κ3) is 10.6. The number of H-pyrrole nitrogens is 2. The lowest BCUT2D eigenvalue weighted by atomic mass is 9.99. The molecule has 3 heterocycles. The Morgan fingerprint density at radius 3 is 2.52 bits per heavy atom. The van der Waals surface area contributed by atoms with E-state index in [0.717, 1.165) is 102 Å². The van der Waals surface area contributed by atoms with Gasteiger partial charge in [-0.3, -0.25) is 9.59 Å². The predicted molar refractivity (Wildman–Crippen MR) is 214 cm³/mol. The number of alkyl carbamates (subject to hydrolysis) is 1. The number of imidazole rings is 2. The van der Waals surface area contributed by atoms with Crippen LogP contribution in [0, 0.1) is 17.8 Å². The van der Waals surface area contributed by atoms with Crippen LogP contribution in [0.5, 0.6) is 0 Å². The molecular formula is C42H52N8O6. The summed E-state index contributed by atoms with van der Waals surface area (Å²) < 4.78 is 4.78. The van der Waals surface area contributed by atoms with E-state index >= 15 is 0 Å². The van der Waals surface area contributed by atoms with E-state index in [4.69, 9.17) is 14.8 Å². The molecule has 296 valence electrons. The molecule has 0 radical (unpaired) electrons. The second-order valence-corrected chi connectivity index (χ2v) is 14.3. The van der Waals surface area contributed by atoms with Crippen molar-refractivity contribution in [3.8, 4) is 23.1 Å². The highest BCUT2D eigenvalue weighted by Crippen LogP contribution is 2.37. The molecule has 4 aromatic rings. The number of carbonyl (C=O) groups is 4. The zero-order valence-electron chi connectivity index (χ0n) is 32.6. The molecule has 2 aromatic carbocycles. The van der Waals surface area contributed by atoms with Gasteiger partial charge >= 0.3 is 12.2 Å². The van der Waals surface area contributed by atoms with E-state index in [0.29, 0.717) is 13.1 Å². The minimum absolute atomic E-state index is 0.101. The van der Waals surface area contributed by atoms with Gasteiger partial charge in [0.2, 0.25) is 11.8 Å². The number of aromatic nitrogens is 4. The van der Waals surface area contributed by atoms with Crippen LogP contribution >= 0.6 is 0 Å². The Labute approximate surface area is 327 Å². The van der Waals surface area contributed by atoms with Crippen LogP contribution in [0.4, 0.5) is 9.59 Å². The minimum atomic E-state index is -1.23. The fraction of sp³-hybridized carbons (Fsp3) is 0.429. The Morgan fingerprint density at radius 2 is 1.79 bits per heavy atom. The van der Waals surface area contributed by atoms with Crippen molar-refractivity contribution in [2.75, 3.05) is 26.7 Å². The molecule has 1 aliphatic carbocycles. The van der Waals surface area contributed by atoms with Gasteiger partial charge in [0.25, 0.3) is 0 Å². The number of rotatable bonds is 11.